The van der Waals surface area contributed by atoms with E-state index in [0.29, 0.717) is 36.4 Å². The van der Waals surface area contributed by atoms with Crippen molar-refractivity contribution >= 4 is 29.2 Å². The molecule has 43 heavy (non-hydrogen) atoms. The highest BCUT2D eigenvalue weighted by Gasteiger charge is 2.27. The molecule has 2 atom stereocenters. The summed E-state index contributed by atoms with van der Waals surface area (Å²) in [6.07, 6.45) is 0.514. The molecule has 3 aromatic carbocycles. The highest BCUT2D eigenvalue weighted by atomic mass is 19.1. The molecular formula is C33H38F2N4O4. The van der Waals surface area contributed by atoms with Gasteiger partial charge in [0, 0.05) is 45.1 Å². The van der Waals surface area contributed by atoms with E-state index in [1.54, 1.807) is 11.0 Å². The van der Waals surface area contributed by atoms with Crippen LogP contribution in [0.25, 0.3) is 0 Å². The summed E-state index contributed by atoms with van der Waals surface area (Å²) in [4.78, 5) is 39.3. The van der Waals surface area contributed by atoms with Gasteiger partial charge in [0.25, 0.3) is 0 Å². The molecule has 2 amide bonds. The summed E-state index contributed by atoms with van der Waals surface area (Å²) in [5.41, 5.74) is 11.2. The molecule has 8 nitrogen and oxygen atoms in total. The molecule has 228 valence electrons. The average molecular weight is 593 g/mol. The second kappa shape index (κ2) is 14.8. The molecule has 4 rings (SSSR count). The summed E-state index contributed by atoms with van der Waals surface area (Å²) in [6.45, 7) is 4.80. The van der Waals surface area contributed by atoms with Crippen molar-refractivity contribution in [1.82, 2.24) is 5.32 Å². The highest BCUT2D eigenvalue weighted by Crippen LogP contribution is 2.35. The Morgan fingerprint density at radius 2 is 1.70 bits per heavy atom. The van der Waals surface area contributed by atoms with Gasteiger partial charge in [0.1, 0.15) is 17.7 Å². The highest BCUT2D eigenvalue weighted by molar-refractivity contribution is 6.02. The number of para-hydroxylation sites is 1. The Hall–Kier alpha value is -4.15. The van der Waals surface area contributed by atoms with Crippen LogP contribution in [-0.2, 0) is 44.9 Å². The SMILES string of the molecule is CCc1cccc(CNC[C@@H](OC(=O)CCC(=O)Nc2cccc3c2N(C(C)=O)CC3)[C@@H](N)Cc2cc(F)cc(F)c2)c1. The van der Waals surface area contributed by atoms with Crippen molar-refractivity contribution in [2.75, 3.05) is 23.3 Å². The van der Waals surface area contributed by atoms with E-state index in [1.807, 2.05) is 30.3 Å². The lowest BCUT2D eigenvalue weighted by Gasteiger charge is -2.25. The first-order chi connectivity index (χ1) is 20.6. The zero-order valence-corrected chi connectivity index (χ0v) is 24.5. The number of amides is 2. The van der Waals surface area contributed by atoms with Crippen LogP contribution < -0.4 is 21.3 Å². The van der Waals surface area contributed by atoms with Gasteiger partial charge in [0.15, 0.2) is 0 Å². The van der Waals surface area contributed by atoms with Crippen molar-refractivity contribution in [3.8, 4) is 0 Å². The van der Waals surface area contributed by atoms with Crippen LogP contribution in [0.4, 0.5) is 20.2 Å². The number of anilines is 2. The molecule has 0 spiro atoms. The molecule has 0 radical (unpaired) electrons. The maximum absolute atomic E-state index is 13.8. The third kappa shape index (κ3) is 8.92. The number of nitrogens with zero attached hydrogens (tertiary/aromatic N) is 1. The van der Waals surface area contributed by atoms with E-state index in [-0.39, 0.29) is 31.7 Å². The maximum atomic E-state index is 13.8. The number of ether oxygens (including phenoxy) is 1. The Bertz CT molecular complexity index is 1440. The second-order valence-electron chi connectivity index (χ2n) is 10.8. The van der Waals surface area contributed by atoms with Crippen LogP contribution in [0.1, 0.15) is 48.9 Å². The molecule has 0 fully saturated rings. The molecule has 1 heterocycles. The number of hydrogen-bond acceptors (Lipinski definition) is 6. The van der Waals surface area contributed by atoms with E-state index in [9.17, 15) is 23.2 Å². The third-order valence-corrected chi connectivity index (χ3v) is 7.43. The second-order valence-corrected chi connectivity index (χ2v) is 10.8. The fraction of sp³-hybridized carbons (Fsp3) is 0.364. The predicted molar refractivity (Wildman–Crippen MR) is 161 cm³/mol. The number of halogens is 2. The van der Waals surface area contributed by atoms with Crippen molar-refractivity contribution in [1.29, 1.82) is 0 Å². The molecule has 0 aromatic heterocycles. The van der Waals surface area contributed by atoms with Crippen LogP contribution in [-0.4, -0.2) is 43.0 Å². The zero-order chi connectivity index (χ0) is 30.9. The molecule has 0 saturated heterocycles. The smallest absolute Gasteiger partial charge is 0.306 e. The summed E-state index contributed by atoms with van der Waals surface area (Å²) >= 11 is 0. The van der Waals surface area contributed by atoms with Crippen molar-refractivity contribution < 1.29 is 27.9 Å². The Kier molecular flexibility index (Phi) is 11.0. The minimum absolute atomic E-state index is 0.0753. The normalized spacial score (nSPS) is 13.7. The van der Waals surface area contributed by atoms with Crippen molar-refractivity contribution in [2.45, 2.75) is 64.6 Å². The van der Waals surface area contributed by atoms with Gasteiger partial charge in [-0.1, -0.05) is 43.3 Å². The van der Waals surface area contributed by atoms with Gasteiger partial charge in [0.05, 0.1) is 17.8 Å². The lowest BCUT2D eigenvalue weighted by atomic mass is 10.0. The topological polar surface area (TPSA) is 114 Å². The van der Waals surface area contributed by atoms with Gasteiger partial charge in [-0.3, -0.25) is 14.4 Å². The molecule has 3 aromatic rings. The molecule has 0 unspecified atom stereocenters. The van der Waals surface area contributed by atoms with E-state index in [1.165, 1.54) is 24.6 Å². The van der Waals surface area contributed by atoms with Gasteiger partial charge in [-0.25, -0.2) is 8.78 Å². The van der Waals surface area contributed by atoms with E-state index in [2.05, 4.69) is 23.6 Å². The Labute approximate surface area is 250 Å². The Morgan fingerprint density at radius 1 is 0.977 bits per heavy atom. The third-order valence-electron chi connectivity index (χ3n) is 7.43. The van der Waals surface area contributed by atoms with Crippen LogP contribution in [0.15, 0.2) is 60.7 Å². The minimum atomic E-state index is -0.822. The lowest BCUT2D eigenvalue weighted by Crippen LogP contribution is -2.46. The molecular weight excluding hydrogens is 554 g/mol. The predicted octanol–water partition coefficient (Wildman–Crippen LogP) is 4.43. The number of hydrogen-bond donors (Lipinski definition) is 3. The van der Waals surface area contributed by atoms with Gasteiger partial charge in [0.2, 0.25) is 11.8 Å². The molecule has 10 heteroatoms. The lowest BCUT2D eigenvalue weighted by molar-refractivity contribution is -0.150. The van der Waals surface area contributed by atoms with Crippen LogP contribution in [0.5, 0.6) is 0 Å². The van der Waals surface area contributed by atoms with Crippen LogP contribution in [0, 0.1) is 11.6 Å². The summed E-state index contributed by atoms with van der Waals surface area (Å²) < 4.78 is 33.2. The van der Waals surface area contributed by atoms with Gasteiger partial charge in [-0.15, -0.1) is 0 Å². The average Bonchev–Trinajstić information content (AvgIpc) is 3.41. The van der Waals surface area contributed by atoms with Crippen molar-refractivity contribution in [2.24, 2.45) is 5.73 Å². The summed E-state index contributed by atoms with van der Waals surface area (Å²) in [7, 11) is 0. The van der Waals surface area contributed by atoms with E-state index < -0.39 is 35.7 Å². The van der Waals surface area contributed by atoms with Crippen molar-refractivity contribution in [3.05, 3.63) is 94.6 Å². The number of benzene rings is 3. The fourth-order valence-electron chi connectivity index (χ4n) is 5.26. The van der Waals surface area contributed by atoms with Crippen LogP contribution in [0.3, 0.4) is 0 Å². The van der Waals surface area contributed by atoms with Gasteiger partial charge < -0.3 is 26.0 Å². The Morgan fingerprint density at radius 3 is 2.42 bits per heavy atom. The summed E-state index contributed by atoms with van der Waals surface area (Å²) in [5.74, 6) is -2.57. The quantitative estimate of drug-likeness (QED) is 0.253. The Balaban J connectivity index is 1.37. The first kappa shape index (κ1) is 31.8. The largest absolute Gasteiger partial charge is 0.459 e. The maximum Gasteiger partial charge on any atom is 0.306 e. The molecule has 1 aliphatic rings. The molecule has 0 aliphatic carbocycles. The zero-order valence-electron chi connectivity index (χ0n) is 24.5. The molecule has 0 bridgehead atoms. The van der Waals surface area contributed by atoms with E-state index in [0.717, 1.165) is 23.6 Å². The number of rotatable bonds is 13. The van der Waals surface area contributed by atoms with E-state index in [4.69, 9.17) is 10.5 Å². The standard InChI is InChI=1S/C33H38F2N4O4/c1-3-22-6-4-7-23(14-22)19-37-20-30(28(36)17-24-15-26(34)18-27(35)16-24)43-32(42)11-10-31(41)38-29-9-5-8-25-12-13-39(21(2)40)33(25)29/h4-9,14-16,18,28,30,37H,3,10-13,17,19-20,36H2,1-2H3,(H,38,41)/t28-,30+/m0/s1. The van der Waals surface area contributed by atoms with Crippen molar-refractivity contribution in [3.63, 3.8) is 0 Å². The number of carbonyl (C=O) groups is 3. The van der Waals surface area contributed by atoms with Gasteiger partial charge in [-0.2, -0.15) is 0 Å². The number of aryl methyl sites for hydroxylation is 1. The number of nitrogens with two attached hydrogens (primary N) is 1. The molecule has 0 saturated carbocycles. The molecule has 1 aliphatic heterocycles. The number of fused-ring (bicyclic) bond motifs is 1. The number of esters is 1. The van der Waals surface area contributed by atoms with Gasteiger partial charge >= 0.3 is 5.97 Å². The summed E-state index contributed by atoms with van der Waals surface area (Å²) in [6, 6.07) is 16.0. The number of carbonyl (C=O) groups excluding carboxylic acids is 3. The van der Waals surface area contributed by atoms with Crippen LogP contribution >= 0.6 is 0 Å². The van der Waals surface area contributed by atoms with Crippen LogP contribution in [0.2, 0.25) is 0 Å². The minimum Gasteiger partial charge on any atom is -0.459 e. The number of nitrogens with one attached hydrogen (secondary N) is 2. The van der Waals surface area contributed by atoms with E-state index >= 15 is 0 Å². The molecule has 4 N–H and O–H groups in total. The first-order valence-electron chi connectivity index (χ1n) is 14.5. The fourth-order valence-corrected chi connectivity index (χ4v) is 5.26. The monoisotopic (exact) mass is 592 g/mol. The first-order valence-corrected chi connectivity index (χ1v) is 14.5. The summed E-state index contributed by atoms with van der Waals surface area (Å²) in [5, 5.41) is 6.08. The van der Waals surface area contributed by atoms with Gasteiger partial charge in [-0.05, 0) is 59.7 Å².